The summed E-state index contributed by atoms with van der Waals surface area (Å²) >= 11 is 0. The van der Waals surface area contributed by atoms with Crippen LogP contribution in [0.2, 0.25) is 0 Å². The number of carboxylic acid groups (broad SMARTS) is 1. The molecule has 3 N–H and O–H groups in total. The molecule has 0 aliphatic heterocycles. The zero-order chi connectivity index (χ0) is 24.6. The van der Waals surface area contributed by atoms with Crippen molar-refractivity contribution in [2.45, 2.75) is 32.2 Å². The summed E-state index contributed by atoms with van der Waals surface area (Å²) in [5, 5.41) is 10.1. The molecule has 1 amide bonds. The standard InChI is InChI=1S/C22H25F3N2O6/c1-14-3-6-17(7-4-14)32-12-20(28)27(26)11-16-9-15(5-8-18(16)31-2)10-19(21(29)30)33-13-22(23,24)25/h3-9,19H,10-13,26H2,1-2H3,(H,29,30). The van der Waals surface area contributed by atoms with Crippen LogP contribution in [-0.2, 0) is 27.3 Å². The molecule has 2 rings (SSSR count). The number of carbonyl (C=O) groups is 2. The second-order valence-corrected chi connectivity index (χ2v) is 7.23. The monoisotopic (exact) mass is 470 g/mol. The van der Waals surface area contributed by atoms with E-state index < -0.39 is 30.8 Å². The smallest absolute Gasteiger partial charge is 0.411 e. The lowest BCUT2D eigenvalue weighted by molar-refractivity contribution is -0.192. The second kappa shape index (κ2) is 11.5. The zero-order valence-corrected chi connectivity index (χ0v) is 18.1. The number of halogens is 3. The van der Waals surface area contributed by atoms with E-state index in [1.165, 1.54) is 25.3 Å². The number of amides is 1. The number of hydrogen-bond acceptors (Lipinski definition) is 6. The number of ether oxygens (including phenoxy) is 3. The first-order valence-corrected chi connectivity index (χ1v) is 9.80. The van der Waals surface area contributed by atoms with Crippen LogP contribution in [0.15, 0.2) is 42.5 Å². The Morgan fingerprint density at radius 2 is 1.82 bits per heavy atom. The number of benzene rings is 2. The fourth-order valence-electron chi connectivity index (χ4n) is 2.84. The number of aryl methyl sites for hydroxylation is 1. The second-order valence-electron chi connectivity index (χ2n) is 7.23. The molecule has 2 aromatic carbocycles. The number of carboxylic acids is 1. The maximum absolute atomic E-state index is 12.4. The van der Waals surface area contributed by atoms with Gasteiger partial charge in [-0.25, -0.2) is 10.6 Å². The topological polar surface area (TPSA) is 111 Å². The van der Waals surface area contributed by atoms with Gasteiger partial charge in [0.2, 0.25) is 0 Å². The van der Waals surface area contributed by atoms with E-state index in [-0.39, 0.29) is 19.6 Å². The summed E-state index contributed by atoms with van der Waals surface area (Å²) in [5.41, 5.74) is 1.84. The molecule has 1 unspecified atom stereocenters. The molecule has 11 heteroatoms. The Bertz CT molecular complexity index is 950. The normalized spacial score (nSPS) is 12.2. The van der Waals surface area contributed by atoms with Crippen molar-refractivity contribution >= 4 is 11.9 Å². The number of nitrogens with two attached hydrogens (primary N) is 1. The van der Waals surface area contributed by atoms with Crippen molar-refractivity contribution in [1.29, 1.82) is 0 Å². The van der Waals surface area contributed by atoms with Gasteiger partial charge in [-0.2, -0.15) is 13.2 Å². The van der Waals surface area contributed by atoms with Crippen LogP contribution in [0.25, 0.3) is 0 Å². The molecule has 1 atom stereocenters. The largest absolute Gasteiger partial charge is 0.496 e. The fraction of sp³-hybridized carbons (Fsp3) is 0.364. The van der Waals surface area contributed by atoms with Crippen molar-refractivity contribution in [2.24, 2.45) is 5.84 Å². The fourth-order valence-corrected chi connectivity index (χ4v) is 2.84. The van der Waals surface area contributed by atoms with E-state index in [2.05, 4.69) is 4.74 Å². The quantitative estimate of drug-likeness (QED) is 0.295. The summed E-state index contributed by atoms with van der Waals surface area (Å²) in [6.45, 7) is -0.180. The Hall–Kier alpha value is -3.31. The number of nitrogens with zero attached hydrogens (tertiary/aromatic N) is 1. The number of hydrazine groups is 1. The molecule has 0 aliphatic carbocycles. The average molecular weight is 470 g/mol. The summed E-state index contributed by atoms with van der Waals surface area (Å²) in [6.07, 6.45) is -6.68. The van der Waals surface area contributed by atoms with Crippen LogP contribution >= 0.6 is 0 Å². The lowest BCUT2D eigenvalue weighted by Gasteiger charge is -2.20. The van der Waals surface area contributed by atoms with Gasteiger partial charge in [-0.15, -0.1) is 0 Å². The van der Waals surface area contributed by atoms with Gasteiger partial charge in [-0.05, 0) is 30.7 Å². The molecular weight excluding hydrogens is 445 g/mol. The van der Waals surface area contributed by atoms with Gasteiger partial charge >= 0.3 is 12.1 Å². The van der Waals surface area contributed by atoms with E-state index in [1.807, 2.05) is 19.1 Å². The van der Waals surface area contributed by atoms with E-state index in [9.17, 15) is 27.9 Å². The number of rotatable bonds is 11. The molecule has 180 valence electrons. The van der Waals surface area contributed by atoms with Gasteiger partial charge in [-0.1, -0.05) is 29.8 Å². The van der Waals surface area contributed by atoms with Crippen LogP contribution in [0.3, 0.4) is 0 Å². The van der Waals surface area contributed by atoms with Crippen molar-refractivity contribution in [3.05, 3.63) is 59.2 Å². The Labute approximate surface area is 188 Å². The van der Waals surface area contributed by atoms with Crippen molar-refractivity contribution in [1.82, 2.24) is 5.01 Å². The lowest BCUT2D eigenvalue weighted by atomic mass is 10.0. The van der Waals surface area contributed by atoms with Crippen LogP contribution in [-0.4, -0.2) is 54.6 Å². The van der Waals surface area contributed by atoms with Crippen LogP contribution in [0.5, 0.6) is 11.5 Å². The van der Waals surface area contributed by atoms with E-state index in [0.717, 1.165) is 10.6 Å². The highest BCUT2D eigenvalue weighted by Gasteiger charge is 2.31. The molecule has 0 saturated heterocycles. The van der Waals surface area contributed by atoms with Gasteiger partial charge in [0.1, 0.15) is 18.1 Å². The highest BCUT2D eigenvalue weighted by Crippen LogP contribution is 2.23. The van der Waals surface area contributed by atoms with Crippen molar-refractivity contribution < 1.29 is 42.1 Å². The Kier molecular flexibility index (Phi) is 9.06. The highest BCUT2D eigenvalue weighted by molar-refractivity contribution is 5.77. The predicted molar refractivity (Wildman–Crippen MR) is 112 cm³/mol. The highest BCUT2D eigenvalue weighted by atomic mass is 19.4. The van der Waals surface area contributed by atoms with Crippen molar-refractivity contribution in [3.63, 3.8) is 0 Å². The molecule has 0 fully saturated rings. The van der Waals surface area contributed by atoms with E-state index in [4.69, 9.17) is 15.3 Å². The van der Waals surface area contributed by atoms with Crippen molar-refractivity contribution in [2.75, 3.05) is 20.3 Å². The summed E-state index contributed by atoms with van der Waals surface area (Å²) in [6, 6.07) is 11.6. The van der Waals surface area contributed by atoms with E-state index in [0.29, 0.717) is 22.6 Å². The number of alkyl halides is 3. The van der Waals surface area contributed by atoms with E-state index >= 15 is 0 Å². The molecule has 33 heavy (non-hydrogen) atoms. The molecule has 0 bridgehead atoms. The first-order chi connectivity index (χ1) is 15.5. The number of aliphatic carboxylic acids is 1. The van der Waals surface area contributed by atoms with Crippen LogP contribution in [0.4, 0.5) is 13.2 Å². The van der Waals surface area contributed by atoms with Crippen LogP contribution in [0.1, 0.15) is 16.7 Å². The number of carbonyl (C=O) groups excluding carboxylic acids is 1. The Morgan fingerprint density at radius 3 is 2.39 bits per heavy atom. The van der Waals surface area contributed by atoms with Crippen molar-refractivity contribution in [3.8, 4) is 11.5 Å². The van der Waals surface area contributed by atoms with Gasteiger partial charge in [0, 0.05) is 12.0 Å². The van der Waals surface area contributed by atoms with Gasteiger partial charge in [0.15, 0.2) is 12.7 Å². The van der Waals surface area contributed by atoms with Crippen LogP contribution < -0.4 is 15.3 Å². The van der Waals surface area contributed by atoms with Crippen LogP contribution in [0, 0.1) is 6.92 Å². The number of hydrogen-bond donors (Lipinski definition) is 2. The third-order valence-corrected chi connectivity index (χ3v) is 4.53. The molecule has 0 saturated carbocycles. The van der Waals surface area contributed by atoms with Gasteiger partial charge < -0.3 is 19.3 Å². The molecule has 8 nitrogen and oxygen atoms in total. The minimum absolute atomic E-state index is 0.103. The molecule has 2 aromatic rings. The van der Waals surface area contributed by atoms with Gasteiger partial charge in [0.25, 0.3) is 5.91 Å². The van der Waals surface area contributed by atoms with E-state index in [1.54, 1.807) is 12.1 Å². The Morgan fingerprint density at radius 1 is 1.15 bits per heavy atom. The molecular formula is C22H25F3N2O6. The first-order valence-electron chi connectivity index (χ1n) is 9.80. The van der Waals surface area contributed by atoms with Gasteiger partial charge in [0.05, 0.1) is 13.7 Å². The molecule has 0 aliphatic rings. The van der Waals surface area contributed by atoms with Gasteiger partial charge in [-0.3, -0.25) is 9.80 Å². The average Bonchev–Trinajstić information content (AvgIpc) is 2.75. The summed E-state index contributed by atoms with van der Waals surface area (Å²) in [5.74, 6) is 4.67. The molecule has 0 spiro atoms. The minimum Gasteiger partial charge on any atom is -0.496 e. The summed E-state index contributed by atoms with van der Waals surface area (Å²) < 4.78 is 52.4. The summed E-state index contributed by atoms with van der Waals surface area (Å²) in [4.78, 5) is 23.6. The third-order valence-electron chi connectivity index (χ3n) is 4.53. The zero-order valence-electron chi connectivity index (χ0n) is 18.1. The lowest BCUT2D eigenvalue weighted by Crippen LogP contribution is -2.40. The Balaban J connectivity index is 2.05. The minimum atomic E-state index is -4.65. The third kappa shape index (κ3) is 8.62. The molecule has 0 heterocycles. The first kappa shape index (κ1) is 25.9. The number of methoxy groups -OCH3 is 1. The SMILES string of the molecule is COc1ccc(CC(OCC(F)(F)F)C(=O)O)cc1CN(N)C(=O)COc1ccc(C)cc1. The summed E-state index contributed by atoms with van der Waals surface area (Å²) in [7, 11) is 1.40. The maximum atomic E-state index is 12.4. The predicted octanol–water partition coefficient (Wildman–Crippen LogP) is 2.86. The maximum Gasteiger partial charge on any atom is 0.411 e. The molecule has 0 radical (unpaired) electrons. The molecule has 0 aromatic heterocycles.